The van der Waals surface area contributed by atoms with Gasteiger partial charge in [-0.2, -0.15) is 0 Å². The molecule has 0 aliphatic carbocycles. The number of furan rings is 1. The minimum atomic E-state index is 0.619. The summed E-state index contributed by atoms with van der Waals surface area (Å²) in [6.45, 7) is 2.13. The van der Waals surface area contributed by atoms with E-state index in [9.17, 15) is 0 Å². The van der Waals surface area contributed by atoms with Crippen molar-refractivity contribution in [1.82, 2.24) is 15.0 Å². The van der Waals surface area contributed by atoms with E-state index in [0.29, 0.717) is 17.5 Å². The molecule has 4 nitrogen and oxygen atoms in total. The summed E-state index contributed by atoms with van der Waals surface area (Å²) >= 11 is 0. The lowest BCUT2D eigenvalue weighted by Gasteiger charge is -2.10. The molecule has 0 saturated heterocycles. The molecular formula is C46H31N3O. The van der Waals surface area contributed by atoms with Crippen molar-refractivity contribution in [3.63, 3.8) is 0 Å². The van der Waals surface area contributed by atoms with Crippen molar-refractivity contribution in [3.05, 3.63) is 175 Å². The fourth-order valence-electron chi connectivity index (χ4n) is 6.70. The van der Waals surface area contributed by atoms with E-state index in [1.165, 1.54) is 22.1 Å². The van der Waals surface area contributed by atoms with Gasteiger partial charge < -0.3 is 4.42 Å². The number of hydrogen-bond acceptors (Lipinski definition) is 4. The van der Waals surface area contributed by atoms with Crippen molar-refractivity contribution >= 4 is 21.9 Å². The topological polar surface area (TPSA) is 51.8 Å². The summed E-state index contributed by atoms with van der Waals surface area (Å²) in [7, 11) is 0. The molecule has 0 saturated carbocycles. The lowest BCUT2D eigenvalue weighted by atomic mass is 10.00. The molecule has 0 aliphatic heterocycles. The monoisotopic (exact) mass is 641 g/mol. The zero-order chi connectivity index (χ0) is 33.4. The SMILES string of the molecule is Cc1cccc2oc3c(-c4ccc(-c5nc(-c6ccc(-c7ccccc7)cc6)nc(-c6ccc(-c7ccccc7)cc6)n5)cc4)cccc3c12. The van der Waals surface area contributed by atoms with Gasteiger partial charge in [-0.3, -0.25) is 0 Å². The van der Waals surface area contributed by atoms with Crippen molar-refractivity contribution in [3.8, 4) is 67.5 Å². The molecule has 50 heavy (non-hydrogen) atoms. The Balaban J connectivity index is 1.12. The molecule has 236 valence electrons. The molecule has 0 unspecified atom stereocenters. The highest BCUT2D eigenvalue weighted by atomic mass is 16.3. The van der Waals surface area contributed by atoms with Gasteiger partial charge >= 0.3 is 0 Å². The minimum absolute atomic E-state index is 0.619. The van der Waals surface area contributed by atoms with Gasteiger partial charge in [0.1, 0.15) is 11.2 Å². The van der Waals surface area contributed by atoms with E-state index in [0.717, 1.165) is 55.5 Å². The largest absolute Gasteiger partial charge is 0.455 e. The Hall–Kier alpha value is -6.65. The van der Waals surface area contributed by atoms with Crippen LogP contribution >= 0.6 is 0 Å². The number of para-hydroxylation sites is 1. The van der Waals surface area contributed by atoms with Crippen LogP contribution in [0.3, 0.4) is 0 Å². The minimum Gasteiger partial charge on any atom is -0.455 e. The Morgan fingerprint density at radius 3 is 1.28 bits per heavy atom. The summed E-state index contributed by atoms with van der Waals surface area (Å²) in [6.07, 6.45) is 0. The van der Waals surface area contributed by atoms with Crippen molar-refractivity contribution in [2.24, 2.45) is 0 Å². The summed E-state index contributed by atoms with van der Waals surface area (Å²) in [5.41, 5.74) is 12.5. The third-order valence-electron chi connectivity index (χ3n) is 9.32. The molecule has 2 heterocycles. The summed E-state index contributed by atoms with van der Waals surface area (Å²) < 4.78 is 6.40. The summed E-state index contributed by atoms with van der Waals surface area (Å²) in [4.78, 5) is 15.0. The molecule has 0 atom stereocenters. The van der Waals surface area contributed by atoms with Gasteiger partial charge in [-0.25, -0.2) is 15.0 Å². The average molecular weight is 642 g/mol. The van der Waals surface area contributed by atoms with E-state index in [1.807, 2.05) is 24.3 Å². The number of hydrogen-bond donors (Lipinski definition) is 0. The lowest BCUT2D eigenvalue weighted by Crippen LogP contribution is -2.00. The molecule has 9 rings (SSSR count). The van der Waals surface area contributed by atoms with Crippen LogP contribution in [-0.4, -0.2) is 15.0 Å². The maximum atomic E-state index is 6.40. The highest BCUT2D eigenvalue weighted by Gasteiger charge is 2.16. The lowest BCUT2D eigenvalue weighted by molar-refractivity contribution is 0.670. The molecule has 0 N–H and O–H groups in total. The second-order valence-corrected chi connectivity index (χ2v) is 12.5. The van der Waals surface area contributed by atoms with E-state index in [2.05, 4.69) is 153 Å². The van der Waals surface area contributed by atoms with Gasteiger partial charge in [-0.1, -0.05) is 164 Å². The molecular weight excluding hydrogens is 611 g/mol. The summed E-state index contributed by atoms with van der Waals surface area (Å²) in [6, 6.07) is 58.6. The fraction of sp³-hybridized carbons (Fsp3) is 0.0217. The first kappa shape index (κ1) is 29.5. The van der Waals surface area contributed by atoms with Crippen LogP contribution in [0.2, 0.25) is 0 Å². The average Bonchev–Trinajstić information content (AvgIpc) is 3.59. The van der Waals surface area contributed by atoms with Crippen LogP contribution in [-0.2, 0) is 0 Å². The van der Waals surface area contributed by atoms with Crippen molar-refractivity contribution < 1.29 is 4.42 Å². The van der Waals surface area contributed by atoms with Crippen LogP contribution in [0.4, 0.5) is 0 Å². The molecule has 0 bridgehead atoms. The van der Waals surface area contributed by atoms with Crippen LogP contribution in [0, 0.1) is 6.92 Å². The van der Waals surface area contributed by atoms with E-state index in [1.54, 1.807) is 0 Å². The molecule has 0 amide bonds. The molecule has 0 radical (unpaired) electrons. The third-order valence-corrected chi connectivity index (χ3v) is 9.32. The van der Waals surface area contributed by atoms with Crippen LogP contribution < -0.4 is 0 Å². The Morgan fingerprint density at radius 2 is 0.780 bits per heavy atom. The quantitative estimate of drug-likeness (QED) is 0.181. The first-order valence-corrected chi connectivity index (χ1v) is 16.8. The zero-order valence-electron chi connectivity index (χ0n) is 27.4. The molecule has 4 heteroatoms. The first-order chi connectivity index (χ1) is 24.7. The van der Waals surface area contributed by atoms with Crippen LogP contribution in [0.1, 0.15) is 5.56 Å². The van der Waals surface area contributed by atoms with Crippen LogP contribution in [0.5, 0.6) is 0 Å². The van der Waals surface area contributed by atoms with Gasteiger partial charge in [0.25, 0.3) is 0 Å². The molecule has 0 aliphatic rings. The van der Waals surface area contributed by atoms with Crippen LogP contribution in [0.25, 0.3) is 89.5 Å². The Labute approximate surface area is 290 Å². The van der Waals surface area contributed by atoms with E-state index < -0.39 is 0 Å². The summed E-state index contributed by atoms with van der Waals surface area (Å²) in [5, 5.41) is 2.29. The van der Waals surface area contributed by atoms with Crippen molar-refractivity contribution in [2.75, 3.05) is 0 Å². The Morgan fingerprint density at radius 1 is 0.360 bits per heavy atom. The van der Waals surface area contributed by atoms with Crippen LogP contribution in [0.15, 0.2) is 174 Å². The van der Waals surface area contributed by atoms with Crippen molar-refractivity contribution in [2.45, 2.75) is 6.92 Å². The molecule has 2 aromatic heterocycles. The van der Waals surface area contributed by atoms with Gasteiger partial charge in [0, 0.05) is 33.0 Å². The standard InChI is InChI=1S/C46H31N3O/c1-30-10-8-17-41-42(30)40-16-9-15-39(43(40)50-41)35-22-28-38(29-23-35)46-48-44(36-24-18-33(19-25-36)31-11-4-2-5-12-31)47-45(49-46)37-26-20-34(21-27-37)32-13-6-3-7-14-32/h2-29H,1H3. The predicted molar refractivity (Wildman–Crippen MR) is 204 cm³/mol. The molecule has 0 fully saturated rings. The number of aromatic nitrogens is 3. The molecule has 9 aromatic rings. The van der Waals surface area contributed by atoms with Gasteiger partial charge in [0.2, 0.25) is 0 Å². The second kappa shape index (κ2) is 12.4. The first-order valence-electron chi connectivity index (χ1n) is 16.8. The summed E-state index contributed by atoms with van der Waals surface area (Å²) in [5.74, 6) is 1.87. The fourth-order valence-corrected chi connectivity index (χ4v) is 6.70. The van der Waals surface area contributed by atoms with Gasteiger partial charge in [0.05, 0.1) is 0 Å². The Bertz CT molecular complexity index is 2510. The smallest absolute Gasteiger partial charge is 0.164 e. The van der Waals surface area contributed by atoms with Crippen molar-refractivity contribution in [1.29, 1.82) is 0 Å². The number of fused-ring (bicyclic) bond motifs is 3. The normalized spacial score (nSPS) is 11.3. The highest BCUT2D eigenvalue weighted by molar-refractivity contribution is 6.10. The second-order valence-electron chi connectivity index (χ2n) is 12.5. The number of benzene rings is 7. The van der Waals surface area contributed by atoms with Gasteiger partial charge in [0.15, 0.2) is 17.5 Å². The number of rotatable bonds is 6. The Kier molecular flexibility index (Phi) is 7.33. The molecule has 0 spiro atoms. The van der Waals surface area contributed by atoms with Gasteiger partial charge in [-0.15, -0.1) is 0 Å². The predicted octanol–water partition coefficient (Wildman–Crippen LogP) is 12.1. The number of aryl methyl sites for hydroxylation is 1. The zero-order valence-corrected chi connectivity index (χ0v) is 27.4. The maximum absolute atomic E-state index is 6.40. The van der Waals surface area contributed by atoms with E-state index in [-0.39, 0.29) is 0 Å². The number of nitrogens with zero attached hydrogens (tertiary/aromatic N) is 3. The van der Waals surface area contributed by atoms with E-state index >= 15 is 0 Å². The third kappa shape index (κ3) is 5.43. The maximum Gasteiger partial charge on any atom is 0.164 e. The highest BCUT2D eigenvalue weighted by Crippen LogP contribution is 2.38. The van der Waals surface area contributed by atoms with Gasteiger partial charge in [-0.05, 0) is 46.4 Å². The van der Waals surface area contributed by atoms with E-state index in [4.69, 9.17) is 19.4 Å². The molecule has 7 aromatic carbocycles.